The summed E-state index contributed by atoms with van der Waals surface area (Å²) < 4.78 is 12.5. The van der Waals surface area contributed by atoms with Gasteiger partial charge < -0.3 is 14.6 Å². The SMILES string of the molecule is C[C@H]1[C@H](C)CC[C@]2(C)CC[C@]3(C)C(=CC(=O)[C@@H]4[C@@]5(C)C(OC(=O)COc6ccc(-c7cc(-c8ccccc8)[nH]n7)cc6)CCC(C)(CC(=O)O)[C@@H]5CC[C@]43C)[C@H]12. The fraction of sp³-hybridized carbons (Fsp3) is 0.583. The second-order valence-corrected chi connectivity index (χ2v) is 19.7. The van der Waals surface area contributed by atoms with Gasteiger partial charge in [0.05, 0.1) is 17.8 Å². The van der Waals surface area contributed by atoms with Crippen LogP contribution >= 0.6 is 0 Å². The molecule has 56 heavy (non-hydrogen) atoms. The van der Waals surface area contributed by atoms with E-state index in [1.54, 1.807) is 0 Å². The second-order valence-electron chi connectivity index (χ2n) is 19.7. The van der Waals surface area contributed by atoms with Crippen molar-refractivity contribution in [2.45, 2.75) is 112 Å². The van der Waals surface area contributed by atoms with E-state index in [0.29, 0.717) is 36.3 Å². The molecule has 4 fully saturated rings. The zero-order chi connectivity index (χ0) is 39.8. The van der Waals surface area contributed by atoms with Gasteiger partial charge in [-0.15, -0.1) is 0 Å². The molecule has 1 heterocycles. The van der Waals surface area contributed by atoms with Gasteiger partial charge in [-0.2, -0.15) is 5.10 Å². The van der Waals surface area contributed by atoms with E-state index in [4.69, 9.17) is 9.47 Å². The first-order valence-corrected chi connectivity index (χ1v) is 21.0. The number of hydrogen-bond acceptors (Lipinski definition) is 6. The Morgan fingerprint density at radius 1 is 0.875 bits per heavy atom. The predicted octanol–water partition coefficient (Wildman–Crippen LogP) is 10.3. The number of allylic oxidation sites excluding steroid dienone is 2. The van der Waals surface area contributed by atoms with Crippen molar-refractivity contribution in [3.8, 4) is 28.3 Å². The Kier molecular flexibility index (Phi) is 9.48. The van der Waals surface area contributed by atoms with Crippen LogP contribution in [-0.2, 0) is 19.1 Å². The minimum absolute atomic E-state index is 0.0324. The minimum Gasteiger partial charge on any atom is -0.482 e. The zero-order valence-electron chi connectivity index (χ0n) is 34.3. The second kappa shape index (κ2) is 13.7. The molecule has 0 radical (unpaired) electrons. The number of rotatable bonds is 8. The molecule has 0 saturated heterocycles. The predicted molar refractivity (Wildman–Crippen MR) is 216 cm³/mol. The monoisotopic (exact) mass is 760 g/mol. The number of hydrogen-bond donors (Lipinski definition) is 2. The van der Waals surface area contributed by atoms with Crippen LogP contribution in [0.5, 0.6) is 5.75 Å². The molecule has 11 atom stereocenters. The first-order valence-electron chi connectivity index (χ1n) is 21.0. The highest BCUT2D eigenvalue weighted by atomic mass is 16.6. The molecule has 2 aromatic carbocycles. The smallest absolute Gasteiger partial charge is 0.344 e. The third kappa shape index (κ3) is 5.98. The number of carboxylic acids is 1. The summed E-state index contributed by atoms with van der Waals surface area (Å²) in [7, 11) is 0. The van der Waals surface area contributed by atoms with Crippen LogP contribution in [0.2, 0.25) is 0 Å². The maximum atomic E-state index is 15.1. The number of nitrogens with one attached hydrogen (secondary N) is 1. The Balaban J connectivity index is 1.05. The molecule has 4 saturated carbocycles. The van der Waals surface area contributed by atoms with Crippen molar-refractivity contribution in [3.63, 3.8) is 0 Å². The van der Waals surface area contributed by atoms with Gasteiger partial charge in [0.25, 0.3) is 0 Å². The highest BCUT2D eigenvalue weighted by molar-refractivity contribution is 5.96. The third-order valence-electron chi connectivity index (χ3n) is 16.8. The van der Waals surface area contributed by atoms with Gasteiger partial charge in [-0.3, -0.25) is 14.7 Å². The molecule has 8 rings (SSSR count). The van der Waals surface area contributed by atoms with E-state index in [9.17, 15) is 14.7 Å². The molecule has 1 aromatic heterocycles. The van der Waals surface area contributed by atoms with E-state index in [1.807, 2.05) is 60.7 Å². The molecule has 0 aliphatic heterocycles. The fourth-order valence-corrected chi connectivity index (χ4v) is 13.5. The van der Waals surface area contributed by atoms with Gasteiger partial charge in [0.1, 0.15) is 11.9 Å². The number of carboxylic acid groups (broad SMARTS) is 1. The summed E-state index contributed by atoms with van der Waals surface area (Å²) in [6, 6.07) is 19.5. The maximum absolute atomic E-state index is 15.1. The Labute approximate surface area is 332 Å². The van der Waals surface area contributed by atoms with Crippen molar-refractivity contribution in [1.29, 1.82) is 0 Å². The van der Waals surface area contributed by atoms with Crippen molar-refractivity contribution in [2.75, 3.05) is 6.61 Å². The first-order chi connectivity index (χ1) is 26.5. The number of aliphatic carboxylic acids is 1. The molecular weight excluding hydrogens is 701 g/mol. The first kappa shape index (κ1) is 38.7. The molecule has 3 aromatic rings. The average Bonchev–Trinajstić information content (AvgIpc) is 3.66. The summed E-state index contributed by atoms with van der Waals surface area (Å²) in [5.41, 5.74) is 3.45. The lowest BCUT2D eigenvalue weighted by molar-refractivity contribution is -0.230. The summed E-state index contributed by atoms with van der Waals surface area (Å²) in [5, 5.41) is 17.8. The molecule has 5 aliphatic carbocycles. The lowest BCUT2D eigenvalue weighted by Gasteiger charge is -2.71. The number of carbonyl (C=O) groups excluding carboxylic acids is 2. The number of aromatic nitrogens is 2. The lowest BCUT2D eigenvalue weighted by Crippen LogP contribution is -2.69. The van der Waals surface area contributed by atoms with Crippen LogP contribution < -0.4 is 4.74 Å². The number of carbonyl (C=O) groups is 3. The van der Waals surface area contributed by atoms with Crippen molar-refractivity contribution in [3.05, 3.63) is 72.3 Å². The van der Waals surface area contributed by atoms with Crippen molar-refractivity contribution < 1.29 is 29.0 Å². The fourth-order valence-electron chi connectivity index (χ4n) is 13.5. The Morgan fingerprint density at radius 3 is 2.32 bits per heavy atom. The Bertz CT molecular complexity index is 2040. The number of benzene rings is 2. The Morgan fingerprint density at radius 2 is 1.61 bits per heavy atom. The van der Waals surface area contributed by atoms with Gasteiger partial charge in [0, 0.05) is 16.9 Å². The van der Waals surface area contributed by atoms with Crippen LogP contribution in [0.1, 0.15) is 106 Å². The van der Waals surface area contributed by atoms with Gasteiger partial charge >= 0.3 is 11.9 Å². The number of fused-ring (bicyclic) bond motifs is 7. The van der Waals surface area contributed by atoms with E-state index >= 15 is 4.79 Å². The van der Waals surface area contributed by atoms with Crippen LogP contribution in [0.4, 0.5) is 0 Å². The molecule has 8 heteroatoms. The van der Waals surface area contributed by atoms with Crippen molar-refractivity contribution in [2.24, 2.45) is 56.7 Å². The zero-order valence-corrected chi connectivity index (χ0v) is 34.3. The normalized spacial score (nSPS) is 38.9. The van der Waals surface area contributed by atoms with Crippen molar-refractivity contribution >= 4 is 17.7 Å². The molecule has 0 amide bonds. The maximum Gasteiger partial charge on any atom is 0.344 e. The third-order valence-corrected chi connectivity index (χ3v) is 16.8. The van der Waals surface area contributed by atoms with Gasteiger partial charge in [-0.25, -0.2) is 4.79 Å². The van der Waals surface area contributed by atoms with Crippen LogP contribution in [0.25, 0.3) is 22.5 Å². The number of ether oxygens (including phenoxy) is 2. The van der Waals surface area contributed by atoms with Gasteiger partial charge in [0.15, 0.2) is 12.4 Å². The molecule has 0 bridgehead atoms. The summed E-state index contributed by atoms with van der Waals surface area (Å²) in [5.74, 6) is 0.365. The Hall–Kier alpha value is -4.20. The van der Waals surface area contributed by atoms with Crippen LogP contribution in [0.15, 0.2) is 72.3 Å². The van der Waals surface area contributed by atoms with Gasteiger partial charge in [-0.1, -0.05) is 84.4 Å². The lowest BCUT2D eigenvalue weighted by atomic mass is 9.33. The van der Waals surface area contributed by atoms with Crippen LogP contribution in [0, 0.1) is 56.7 Å². The van der Waals surface area contributed by atoms with Crippen LogP contribution in [-0.4, -0.2) is 45.7 Å². The summed E-state index contributed by atoms with van der Waals surface area (Å²) >= 11 is 0. The number of nitrogens with zero attached hydrogens (tertiary/aromatic N) is 1. The minimum atomic E-state index is -0.821. The van der Waals surface area contributed by atoms with Gasteiger partial charge in [0.2, 0.25) is 0 Å². The highest BCUT2D eigenvalue weighted by Gasteiger charge is 2.72. The van der Waals surface area contributed by atoms with E-state index in [2.05, 4.69) is 64.7 Å². The molecule has 8 nitrogen and oxygen atoms in total. The number of esters is 1. The molecule has 5 aliphatic rings. The number of aromatic amines is 1. The van der Waals surface area contributed by atoms with Crippen molar-refractivity contribution in [1.82, 2.24) is 10.2 Å². The average molecular weight is 761 g/mol. The summed E-state index contributed by atoms with van der Waals surface area (Å²) in [6.07, 6.45) is 8.93. The topological polar surface area (TPSA) is 119 Å². The summed E-state index contributed by atoms with van der Waals surface area (Å²) in [6.45, 7) is 16.0. The standard InChI is InChI=1S/C48H60N2O6/c1-29-17-20-44(3)23-24-46(5)34(42(44)30(29)2)25-37(51)43-47(46,6)22-18-38-45(4,27-40(52)53)21-19-39(48(38,43)7)56-41(54)28-55-33-15-13-32(14-16-33)36-26-35(49-50-36)31-11-9-8-10-12-31/h8-16,25-26,29-30,38-39,42-43H,17-24,27-28H2,1-7H3,(H,49,50)(H,52,53)/t29-,30+,38+,39?,42+,43+,44-,45?,46-,47-,48-/m1/s1. The quantitative estimate of drug-likeness (QED) is 0.219. The molecule has 0 spiro atoms. The molecule has 2 N–H and O–H groups in total. The van der Waals surface area contributed by atoms with E-state index in [1.165, 1.54) is 18.4 Å². The van der Waals surface area contributed by atoms with E-state index < -0.39 is 34.8 Å². The van der Waals surface area contributed by atoms with E-state index in [-0.39, 0.29) is 41.0 Å². The highest BCUT2D eigenvalue weighted by Crippen LogP contribution is 2.75. The molecule has 298 valence electrons. The molecular formula is C48H60N2O6. The van der Waals surface area contributed by atoms with Crippen LogP contribution in [0.3, 0.4) is 0 Å². The summed E-state index contributed by atoms with van der Waals surface area (Å²) in [4.78, 5) is 41.2. The molecule has 2 unspecified atom stereocenters. The van der Waals surface area contributed by atoms with Gasteiger partial charge in [-0.05, 0) is 139 Å². The number of ketones is 1. The van der Waals surface area contributed by atoms with E-state index in [0.717, 1.165) is 48.2 Å². The number of H-pyrrole nitrogens is 1. The largest absolute Gasteiger partial charge is 0.482 e.